The van der Waals surface area contributed by atoms with Crippen molar-refractivity contribution in [3.8, 4) is 5.75 Å². The second-order valence-corrected chi connectivity index (χ2v) is 15.9. The van der Waals surface area contributed by atoms with Gasteiger partial charge >= 0.3 is 10.1 Å². The van der Waals surface area contributed by atoms with E-state index in [1.165, 1.54) is 17.7 Å². The fourth-order valence-corrected chi connectivity index (χ4v) is 8.06. The smallest absolute Gasteiger partial charge is 0.339 e. The van der Waals surface area contributed by atoms with Crippen molar-refractivity contribution in [2.24, 2.45) is 10.8 Å². The average Bonchev–Trinajstić information content (AvgIpc) is 2.95. The maximum absolute atomic E-state index is 14.1. The first-order chi connectivity index (χ1) is 21.2. The Morgan fingerprint density at radius 2 is 1.27 bits per heavy atom. The number of benzene rings is 3. The molecule has 0 bridgehead atoms. The van der Waals surface area contributed by atoms with Crippen LogP contribution in [-0.2, 0) is 26.1 Å². The molecule has 3 aromatic carbocycles. The van der Waals surface area contributed by atoms with E-state index in [0.717, 1.165) is 41.8 Å². The fourth-order valence-electron chi connectivity index (χ4n) is 7.13. The zero-order chi connectivity index (χ0) is 32.1. The van der Waals surface area contributed by atoms with Gasteiger partial charge in [-0.1, -0.05) is 87.9 Å². The third-order valence-electron chi connectivity index (χ3n) is 9.22. The van der Waals surface area contributed by atoms with Crippen LogP contribution in [0.5, 0.6) is 5.75 Å². The topological polar surface area (TPSA) is 80.8 Å². The van der Waals surface area contributed by atoms with Gasteiger partial charge in [0, 0.05) is 47.8 Å². The summed E-state index contributed by atoms with van der Waals surface area (Å²) in [5.74, 6) is -0.182. The zero-order valence-corrected chi connectivity index (χ0v) is 27.5. The van der Waals surface area contributed by atoms with Crippen molar-refractivity contribution in [2.45, 2.75) is 77.5 Å². The van der Waals surface area contributed by atoms with Gasteiger partial charge in [0.15, 0.2) is 11.6 Å². The molecule has 1 heterocycles. The Kier molecular flexibility index (Phi) is 7.88. The number of allylic oxidation sites excluding steroid dienone is 4. The van der Waals surface area contributed by atoms with Crippen LogP contribution >= 0.6 is 0 Å². The number of hydrogen-bond donors (Lipinski definition) is 0. The summed E-state index contributed by atoms with van der Waals surface area (Å²) in [6, 6.07) is 23.7. The third-order valence-corrected chi connectivity index (χ3v) is 10.5. The van der Waals surface area contributed by atoms with Crippen LogP contribution in [0.25, 0.3) is 0 Å². The van der Waals surface area contributed by atoms with E-state index in [1.807, 2.05) is 25.1 Å². The van der Waals surface area contributed by atoms with Crippen molar-refractivity contribution >= 4 is 21.7 Å². The van der Waals surface area contributed by atoms with Crippen LogP contribution in [0.4, 0.5) is 0 Å². The van der Waals surface area contributed by atoms with Gasteiger partial charge in [-0.05, 0) is 72.4 Å². The summed E-state index contributed by atoms with van der Waals surface area (Å²) in [5, 5.41) is 0. The quantitative estimate of drug-likeness (QED) is 0.251. The number of rotatable bonds is 7. The van der Waals surface area contributed by atoms with Crippen molar-refractivity contribution in [2.75, 3.05) is 6.54 Å². The Hall–Kier alpha value is -3.97. The number of nitrogens with zero attached hydrogens (tertiary/aromatic N) is 1. The lowest BCUT2D eigenvalue weighted by atomic mass is 9.63. The van der Waals surface area contributed by atoms with Crippen LogP contribution in [0.2, 0.25) is 0 Å². The Bertz CT molecular complexity index is 1760. The first kappa shape index (κ1) is 31.0. The third kappa shape index (κ3) is 6.28. The van der Waals surface area contributed by atoms with Gasteiger partial charge in [0.1, 0.15) is 10.6 Å². The number of aryl methyl sites for hydroxylation is 1. The lowest BCUT2D eigenvalue weighted by molar-refractivity contribution is -0.119. The summed E-state index contributed by atoms with van der Waals surface area (Å²) in [6.07, 6.45) is 3.09. The molecule has 0 aromatic heterocycles. The zero-order valence-electron chi connectivity index (χ0n) is 26.7. The molecule has 0 amide bonds. The molecule has 0 fully saturated rings. The summed E-state index contributed by atoms with van der Waals surface area (Å²) >= 11 is 0. The van der Waals surface area contributed by atoms with Gasteiger partial charge in [-0.3, -0.25) is 9.59 Å². The molecule has 0 saturated carbocycles. The summed E-state index contributed by atoms with van der Waals surface area (Å²) < 4.78 is 31.4. The largest absolute Gasteiger partial charge is 0.379 e. The van der Waals surface area contributed by atoms with Crippen molar-refractivity contribution in [3.05, 3.63) is 118 Å². The van der Waals surface area contributed by atoms with E-state index in [9.17, 15) is 18.0 Å². The van der Waals surface area contributed by atoms with Crippen LogP contribution in [0, 0.1) is 17.8 Å². The Balaban J connectivity index is 1.42. The van der Waals surface area contributed by atoms with Crippen molar-refractivity contribution in [1.82, 2.24) is 4.90 Å². The minimum atomic E-state index is -4.02. The van der Waals surface area contributed by atoms with Crippen LogP contribution in [-0.4, -0.2) is 31.4 Å². The summed E-state index contributed by atoms with van der Waals surface area (Å²) in [6.45, 7) is 11.1. The van der Waals surface area contributed by atoms with Crippen molar-refractivity contribution in [3.63, 3.8) is 0 Å². The lowest BCUT2D eigenvalue weighted by Gasteiger charge is -2.49. The van der Waals surface area contributed by atoms with Gasteiger partial charge in [-0.25, -0.2) is 0 Å². The van der Waals surface area contributed by atoms with E-state index in [1.54, 1.807) is 36.4 Å². The molecule has 0 atom stereocenters. The molecule has 0 N–H and O–H groups in total. The van der Waals surface area contributed by atoms with Crippen molar-refractivity contribution < 1.29 is 22.2 Å². The molecule has 0 saturated heterocycles. The second-order valence-electron chi connectivity index (χ2n) is 14.3. The van der Waals surface area contributed by atoms with E-state index in [2.05, 4.69) is 44.7 Å². The van der Waals surface area contributed by atoms with Gasteiger partial charge in [-0.15, -0.1) is 0 Å². The summed E-state index contributed by atoms with van der Waals surface area (Å²) in [5.41, 5.74) is 5.98. The second kappa shape index (κ2) is 11.4. The average molecular weight is 624 g/mol. The van der Waals surface area contributed by atoms with Gasteiger partial charge in [0.25, 0.3) is 0 Å². The Morgan fingerprint density at radius 1 is 0.733 bits per heavy atom. The lowest BCUT2D eigenvalue weighted by Crippen LogP contribution is -2.45. The van der Waals surface area contributed by atoms with Gasteiger partial charge in [0.2, 0.25) is 0 Å². The number of carbonyl (C=O) groups excluding carboxylic acids is 2. The minimum absolute atomic E-state index is 0.0717. The number of Topliss-reactive ketones (excluding diaryl/α,β-unsaturated/α-hetero) is 2. The molecule has 1 aliphatic heterocycles. The molecule has 0 unspecified atom stereocenters. The molecule has 2 aliphatic carbocycles. The van der Waals surface area contributed by atoms with E-state index in [4.69, 9.17) is 4.18 Å². The number of ketones is 2. The van der Waals surface area contributed by atoms with E-state index < -0.39 is 16.0 Å². The van der Waals surface area contributed by atoms with Gasteiger partial charge in [0.05, 0.1) is 0 Å². The molecule has 3 aliphatic rings. The first-order valence-electron chi connectivity index (χ1n) is 15.7. The molecule has 0 spiro atoms. The van der Waals surface area contributed by atoms with E-state index >= 15 is 0 Å². The molecule has 7 heteroatoms. The van der Waals surface area contributed by atoms with Crippen LogP contribution in [0.3, 0.4) is 0 Å². The first-order valence-corrected chi connectivity index (χ1v) is 17.1. The summed E-state index contributed by atoms with van der Waals surface area (Å²) in [7, 11) is -4.02. The molecular formula is C38H41NO5S. The molecule has 45 heavy (non-hydrogen) atoms. The fraction of sp³-hybridized carbons (Fsp3) is 0.368. The molecule has 6 nitrogen and oxygen atoms in total. The van der Waals surface area contributed by atoms with E-state index in [-0.39, 0.29) is 33.0 Å². The predicted molar refractivity (Wildman–Crippen MR) is 175 cm³/mol. The van der Waals surface area contributed by atoms with E-state index in [0.29, 0.717) is 30.5 Å². The molecule has 0 radical (unpaired) electrons. The van der Waals surface area contributed by atoms with Crippen molar-refractivity contribution in [1.29, 1.82) is 0 Å². The maximum Gasteiger partial charge on any atom is 0.339 e. The van der Waals surface area contributed by atoms with Crippen LogP contribution in [0.1, 0.15) is 76.0 Å². The Labute approximate surface area is 266 Å². The van der Waals surface area contributed by atoms with Gasteiger partial charge < -0.3 is 9.08 Å². The molecule has 6 rings (SSSR count). The highest BCUT2D eigenvalue weighted by Crippen LogP contribution is 2.54. The SMILES string of the molecule is Cc1ccc(S(=O)(=O)Oc2ccc(C3C4=C(CC(C)(C)CC4=O)N(CCc4ccccc4)C4=C3C(=O)CC(C)(C)C4)cc2)cc1. The maximum atomic E-state index is 14.1. The van der Waals surface area contributed by atoms with Crippen LogP contribution in [0.15, 0.2) is 106 Å². The predicted octanol–water partition coefficient (Wildman–Crippen LogP) is 7.69. The van der Waals surface area contributed by atoms with Crippen LogP contribution < -0.4 is 4.18 Å². The minimum Gasteiger partial charge on any atom is -0.379 e. The standard InChI is InChI=1S/C38H41NO5S/c1-25-11-17-29(18-12-25)45(42,43)44-28-15-13-27(14-16-28)34-35-30(21-37(2,3)23-32(35)40)39(20-19-26-9-7-6-8-10-26)31-22-38(4,5)24-33(41)36(31)34/h6-18,34H,19-24H2,1-5H3. The molecule has 3 aromatic rings. The summed E-state index contributed by atoms with van der Waals surface area (Å²) in [4.78, 5) is 30.5. The molecule has 234 valence electrons. The monoisotopic (exact) mass is 623 g/mol. The van der Waals surface area contributed by atoms with Gasteiger partial charge in [-0.2, -0.15) is 8.42 Å². The highest BCUT2D eigenvalue weighted by molar-refractivity contribution is 7.87. The number of carbonyl (C=O) groups is 2. The number of hydrogen-bond acceptors (Lipinski definition) is 6. The highest BCUT2D eigenvalue weighted by Gasteiger charge is 2.48. The molecular weight excluding hydrogens is 582 g/mol. The highest BCUT2D eigenvalue weighted by atomic mass is 32.2. The Morgan fingerprint density at radius 3 is 1.80 bits per heavy atom. The normalized spacial score (nSPS) is 19.8.